The average molecular weight is 527 g/mol. The summed E-state index contributed by atoms with van der Waals surface area (Å²) in [5, 5.41) is 11.5. The highest BCUT2D eigenvalue weighted by molar-refractivity contribution is 14.0. The van der Waals surface area contributed by atoms with Crippen LogP contribution in [0.5, 0.6) is 0 Å². The third kappa shape index (κ3) is 6.31. The summed E-state index contributed by atoms with van der Waals surface area (Å²) < 4.78 is 7.13. The largest absolute Gasteiger partial charge is 0.377 e. The van der Waals surface area contributed by atoms with Crippen LogP contribution in [0.1, 0.15) is 30.6 Å². The number of methoxy groups -OCH3 is 1. The number of halogens is 1. The molecule has 166 valence electrons. The molecule has 1 aliphatic rings. The van der Waals surface area contributed by atoms with Crippen LogP contribution in [0.15, 0.2) is 29.3 Å². The maximum Gasteiger partial charge on any atom is 0.191 e. The fourth-order valence-electron chi connectivity index (χ4n) is 3.73. The Hall–Kier alpha value is -1.88. The van der Waals surface area contributed by atoms with E-state index in [-0.39, 0.29) is 30.0 Å². The zero-order valence-electron chi connectivity index (χ0n) is 18.4. The van der Waals surface area contributed by atoms with Gasteiger partial charge in [0.1, 0.15) is 12.4 Å². The third-order valence-corrected chi connectivity index (χ3v) is 5.25. The van der Waals surface area contributed by atoms with Crippen LogP contribution in [0.2, 0.25) is 0 Å². The molecule has 0 bridgehead atoms. The first-order valence-electron chi connectivity index (χ1n) is 10.3. The van der Waals surface area contributed by atoms with Crippen molar-refractivity contribution in [2.24, 2.45) is 4.99 Å². The van der Waals surface area contributed by atoms with Crippen molar-refractivity contribution in [3.63, 3.8) is 0 Å². The fraction of sp³-hybridized carbons (Fsp3) is 0.571. The van der Waals surface area contributed by atoms with Crippen molar-refractivity contribution < 1.29 is 4.74 Å². The molecule has 1 aromatic carbocycles. The number of rotatable bonds is 8. The molecule has 0 amide bonds. The van der Waals surface area contributed by atoms with Crippen LogP contribution < -0.4 is 15.5 Å². The van der Waals surface area contributed by atoms with E-state index < -0.39 is 0 Å². The van der Waals surface area contributed by atoms with Gasteiger partial charge in [-0.25, -0.2) is 9.67 Å². The average Bonchev–Trinajstić information content (AvgIpc) is 3.13. The van der Waals surface area contributed by atoms with Crippen molar-refractivity contribution in [3.8, 4) is 0 Å². The van der Waals surface area contributed by atoms with E-state index in [9.17, 15) is 0 Å². The van der Waals surface area contributed by atoms with Crippen molar-refractivity contribution >= 4 is 35.6 Å². The number of nitrogens with zero attached hydrogens (tertiary/aromatic N) is 5. The predicted octanol–water partition coefficient (Wildman–Crippen LogP) is 2.36. The van der Waals surface area contributed by atoms with Crippen molar-refractivity contribution in [3.05, 3.63) is 41.5 Å². The second-order valence-electron chi connectivity index (χ2n) is 7.30. The van der Waals surface area contributed by atoms with Crippen LogP contribution in [0.4, 0.5) is 5.69 Å². The van der Waals surface area contributed by atoms with Gasteiger partial charge in [-0.1, -0.05) is 18.2 Å². The molecule has 0 saturated heterocycles. The zero-order chi connectivity index (χ0) is 20.6. The number of benzene rings is 1. The molecule has 2 aromatic rings. The zero-order valence-corrected chi connectivity index (χ0v) is 20.7. The van der Waals surface area contributed by atoms with Gasteiger partial charge < -0.3 is 20.3 Å². The maximum atomic E-state index is 5.14. The fourth-order valence-corrected chi connectivity index (χ4v) is 3.73. The molecule has 1 unspecified atom stereocenters. The molecule has 2 heterocycles. The molecule has 30 heavy (non-hydrogen) atoms. The number of ether oxygens (including phenoxy) is 1. The van der Waals surface area contributed by atoms with E-state index in [1.807, 2.05) is 11.7 Å². The Morgan fingerprint density at radius 1 is 1.37 bits per heavy atom. The van der Waals surface area contributed by atoms with Crippen LogP contribution in [-0.4, -0.2) is 60.6 Å². The molecule has 9 heteroatoms. The first-order chi connectivity index (χ1) is 14.1. The van der Waals surface area contributed by atoms with Gasteiger partial charge in [-0.05, 0) is 31.9 Å². The molecule has 3 rings (SSSR count). The maximum absolute atomic E-state index is 5.14. The number of nitrogens with one attached hydrogen (secondary N) is 2. The van der Waals surface area contributed by atoms with Crippen LogP contribution in [0.3, 0.4) is 0 Å². The number of hydrogen-bond donors (Lipinski definition) is 2. The van der Waals surface area contributed by atoms with Gasteiger partial charge in [0.2, 0.25) is 0 Å². The van der Waals surface area contributed by atoms with Crippen molar-refractivity contribution in [1.82, 2.24) is 25.4 Å². The summed E-state index contributed by atoms with van der Waals surface area (Å²) in [6, 6.07) is 8.80. The lowest BCUT2D eigenvalue weighted by Gasteiger charge is -2.27. The predicted molar refractivity (Wildman–Crippen MR) is 132 cm³/mol. The molecule has 1 aromatic heterocycles. The number of guanidine groups is 1. The lowest BCUT2D eigenvalue weighted by molar-refractivity contribution is 0.177. The van der Waals surface area contributed by atoms with Crippen molar-refractivity contribution in [1.29, 1.82) is 0 Å². The summed E-state index contributed by atoms with van der Waals surface area (Å²) >= 11 is 0. The minimum atomic E-state index is 0. The summed E-state index contributed by atoms with van der Waals surface area (Å²) in [4.78, 5) is 11.3. The van der Waals surface area contributed by atoms with E-state index in [0.717, 1.165) is 56.6 Å². The van der Waals surface area contributed by atoms with E-state index in [2.05, 4.69) is 68.7 Å². The van der Waals surface area contributed by atoms with Crippen LogP contribution >= 0.6 is 24.0 Å². The van der Waals surface area contributed by atoms with Gasteiger partial charge in [0.05, 0.1) is 6.54 Å². The molecule has 0 radical (unpaired) electrons. The molecule has 1 atom stereocenters. The van der Waals surface area contributed by atoms with Gasteiger partial charge in [-0.2, -0.15) is 5.10 Å². The van der Waals surface area contributed by atoms with Gasteiger partial charge in [0.25, 0.3) is 0 Å². The topological polar surface area (TPSA) is 79.6 Å². The highest BCUT2D eigenvalue weighted by Crippen LogP contribution is 2.18. The first kappa shape index (κ1) is 24.4. The van der Waals surface area contributed by atoms with Crippen LogP contribution in [0.25, 0.3) is 0 Å². The summed E-state index contributed by atoms with van der Waals surface area (Å²) in [5.74, 6) is 2.62. The number of fused-ring (bicyclic) bond motifs is 1. The molecule has 0 saturated carbocycles. The van der Waals surface area contributed by atoms with E-state index >= 15 is 0 Å². The highest BCUT2D eigenvalue weighted by Gasteiger charge is 2.22. The molecule has 1 aliphatic heterocycles. The minimum absolute atomic E-state index is 0. The van der Waals surface area contributed by atoms with E-state index in [4.69, 9.17) is 4.74 Å². The smallest absolute Gasteiger partial charge is 0.191 e. The summed E-state index contributed by atoms with van der Waals surface area (Å²) in [7, 11) is 3.48. The standard InChI is InChI=1S/C21H33N7O.HI/c1-5-27(18-9-7-6-8-16(18)2)13-12-23-21(22-3)24-17-10-11-20-25-19(15-29-4)26-28(20)14-17;/h6-9,17H,5,10-15H2,1-4H3,(H2,22,23,24);1H. The van der Waals surface area contributed by atoms with Crippen LogP contribution in [0, 0.1) is 6.92 Å². The Bertz CT molecular complexity index is 823. The lowest BCUT2D eigenvalue weighted by Crippen LogP contribution is -2.48. The number of likely N-dealkylation sites (N-methyl/N-ethyl adjacent to an activating group) is 1. The minimum Gasteiger partial charge on any atom is -0.377 e. The SMILES string of the molecule is CCN(CCNC(=NC)NC1CCc2nc(COC)nn2C1)c1ccccc1C.I. The monoisotopic (exact) mass is 527 g/mol. The second-order valence-corrected chi connectivity index (χ2v) is 7.30. The van der Waals surface area contributed by atoms with Crippen molar-refractivity contribution in [2.75, 3.05) is 38.7 Å². The highest BCUT2D eigenvalue weighted by atomic mass is 127. The van der Waals surface area contributed by atoms with Crippen molar-refractivity contribution in [2.45, 2.75) is 45.9 Å². The molecule has 0 aliphatic carbocycles. The number of aromatic nitrogens is 3. The molecule has 0 spiro atoms. The van der Waals surface area contributed by atoms with Gasteiger partial charge >= 0.3 is 0 Å². The second kappa shape index (κ2) is 12.1. The summed E-state index contributed by atoms with van der Waals surface area (Å²) in [5.41, 5.74) is 2.59. The van der Waals surface area contributed by atoms with Crippen LogP contribution in [-0.2, 0) is 24.3 Å². The Labute approximate surface area is 196 Å². The van der Waals surface area contributed by atoms with Gasteiger partial charge in [0, 0.05) is 51.9 Å². The quantitative estimate of drug-likeness (QED) is 0.312. The number of aliphatic imine (C=N–C) groups is 1. The first-order valence-corrected chi connectivity index (χ1v) is 10.3. The number of hydrogen-bond acceptors (Lipinski definition) is 5. The number of aryl methyl sites for hydroxylation is 2. The van der Waals surface area contributed by atoms with Gasteiger partial charge in [0.15, 0.2) is 11.8 Å². The molecule has 0 fully saturated rings. The Kier molecular flexibility index (Phi) is 9.83. The molecule has 8 nitrogen and oxygen atoms in total. The third-order valence-electron chi connectivity index (χ3n) is 5.25. The molecular weight excluding hydrogens is 493 g/mol. The van der Waals surface area contributed by atoms with Gasteiger partial charge in [-0.15, -0.1) is 24.0 Å². The lowest BCUT2D eigenvalue weighted by atomic mass is 10.1. The van der Waals surface area contributed by atoms with E-state index in [0.29, 0.717) is 6.61 Å². The normalized spacial score (nSPS) is 15.9. The van der Waals surface area contributed by atoms with E-state index in [1.54, 1.807) is 7.11 Å². The Balaban J connectivity index is 0.00000320. The summed E-state index contributed by atoms with van der Waals surface area (Å²) in [6.07, 6.45) is 1.92. The molecule has 2 N–H and O–H groups in total. The number of anilines is 1. The Morgan fingerprint density at radius 2 is 2.17 bits per heavy atom. The number of para-hydroxylation sites is 1. The molecular formula is C21H34IN7O. The Morgan fingerprint density at radius 3 is 2.87 bits per heavy atom. The summed E-state index contributed by atoms with van der Waals surface area (Å²) in [6.45, 7) is 8.30. The van der Waals surface area contributed by atoms with E-state index in [1.165, 1.54) is 11.3 Å². The van der Waals surface area contributed by atoms with Gasteiger partial charge in [-0.3, -0.25) is 4.99 Å².